The van der Waals surface area contributed by atoms with Gasteiger partial charge in [0.2, 0.25) is 0 Å². The molecule has 0 bridgehead atoms. The first-order valence-corrected chi connectivity index (χ1v) is 26.9. The van der Waals surface area contributed by atoms with Gasteiger partial charge in [-0.25, -0.2) is 0 Å². The van der Waals surface area contributed by atoms with Crippen LogP contribution in [0.5, 0.6) is 11.5 Å². The van der Waals surface area contributed by atoms with Gasteiger partial charge in [-0.1, -0.05) is 0 Å². The van der Waals surface area contributed by atoms with Gasteiger partial charge in [0.15, 0.2) is 0 Å². The molecule has 6 rings (SSSR count). The van der Waals surface area contributed by atoms with Crippen LogP contribution in [-0.4, -0.2) is 32.2 Å². The molecular weight excluding hydrogens is 804 g/mol. The van der Waals surface area contributed by atoms with Crippen molar-refractivity contribution in [2.75, 3.05) is 0 Å². The van der Waals surface area contributed by atoms with E-state index < -0.39 is 28.9 Å². The van der Waals surface area contributed by atoms with Gasteiger partial charge < -0.3 is 0 Å². The number of hydrogen-bond acceptors (Lipinski definition) is 2. The molecule has 0 radical (unpaired) electrons. The molecule has 0 fully saturated rings. The van der Waals surface area contributed by atoms with Gasteiger partial charge in [0.25, 0.3) is 0 Å². The fraction of sp³-hybridized carbons (Fsp3) is 0.481. The Morgan fingerprint density at radius 1 is 0.518 bits per heavy atom. The van der Waals surface area contributed by atoms with Gasteiger partial charge in [-0.3, -0.25) is 0 Å². The summed E-state index contributed by atoms with van der Waals surface area (Å²) in [5.41, 5.74) is 8.51. The van der Waals surface area contributed by atoms with E-state index in [2.05, 4.69) is 197 Å². The number of rotatable bonds is 5. The van der Waals surface area contributed by atoms with Gasteiger partial charge >= 0.3 is 352 Å². The van der Waals surface area contributed by atoms with E-state index in [0.29, 0.717) is 17.8 Å². The average molecular weight is 874 g/mol. The van der Waals surface area contributed by atoms with Crippen LogP contribution in [0.4, 0.5) is 0 Å². The molecule has 0 aliphatic carbocycles. The Morgan fingerprint density at radius 2 is 0.946 bits per heavy atom. The average Bonchev–Trinajstić information content (AvgIpc) is 3.09. The molecule has 1 aliphatic heterocycles. The maximum atomic E-state index is 8.34. The van der Waals surface area contributed by atoms with Crippen molar-refractivity contribution in [2.45, 2.75) is 163 Å². The Kier molecular flexibility index (Phi) is 11.3. The fourth-order valence-electron chi connectivity index (χ4n) is 8.55. The quantitative estimate of drug-likeness (QED) is 0.129. The van der Waals surface area contributed by atoms with E-state index in [0.717, 1.165) is 22.3 Å². The van der Waals surface area contributed by atoms with E-state index in [9.17, 15) is 0 Å². The van der Waals surface area contributed by atoms with Crippen LogP contribution in [0, 0.1) is 0 Å². The van der Waals surface area contributed by atoms with E-state index >= 15 is 0 Å². The predicted octanol–water partition coefficient (Wildman–Crippen LogP) is 13.4. The molecule has 1 heterocycles. The van der Waals surface area contributed by atoms with Crippen LogP contribution >= 0.6 is 0 Å². The summed E-state index contributed by atoms with van der Waals surface area (Å²) in [5, 5.41) is 4.71. The second-order valence-electron chi connectivity index (χ2n) is 21.5. The fourth-order valence-corrected chi connectivity index (χ4v) is 29.3. The molecule has 298 valence electrons. The van der Waals surface area contributed by atoms with Crippen molar-refractivity contribution in [3.8, 4) is 11.5 Å². The number of fused-ring (bicyclic) bond motifs is 6. The molecular formula is C52H69AsGeO2. The molecule has 0 N–H and O–H groups in total. The van der Waals surface area contributed by atoms with Gasteiger partial charge in [0, 0.05) is 0 Å². The van der Waals surface area contributed by atoms with Crippen LogP contribution in [0.3, 0.4) is 0 Å². The molecule has 0 aromatic heterocycles. The van der Waals surface area contributed by atoms with Crippen molar-refractivity contribution < 1.29 is 8.50 Å². The zero-order valence-corrected chi connectivity index (χ0v) is 41.9. The Bertz CT molecular complexity index is 2270. The molecule has 5 aromatic carbocycles. The Morgan fingerprint density at radius 3 is 1.32 bits per heavy atom. The molecule has 4 heteroatoms. The molecule has 1 atom stereocenters. The van der Waals surface area contributed by atoms with Gasteiger partial charge in [0.05, 0.1) is 0 Å². The molecule has 0 amide bonds. The second-order valence-corrected chi connectivity index (χ2v) is 34.1. The van der Waals surface area contributed by atoms with Crippen molar-refractivity contribution in [3.05, 3.63) is 106 Å². The molecule has 0 saturated heterocycles. The van der Waals surface area contributed by atoms with E-state index in [1.807, 2.05) is 0 Å². The van der Waals surface area contributed by atoms with E-state index in [4.69, 9.17) is 8.50 Å². The third-order valence-electron chi connectivity index (χ3n) is 11.9. The van der Waals surface area contributed by atoms with E-state index in [1.54, 1.807) is 0 Å². The zero-order valence-electron chi connectivity index (χ0n) is 37.9. The van der Waals surface area contributed by atoms with Crippen molar-refractivity contribution in [2.24, 2.45) is 0 Å². The van der Waals surface area contributed by atoms with Crippen LogP contribution in [0.15, 0.2) is 72.8 Å². The molecule has 0 spiro atoms. The molecule has 56 heavy (non-hydrogen) atoms. The number of ether oxygens (including phenoxy) is 1. The van der Waals surface area contributed by atoms with Crippen LogP contribution in [0.2, 0.25) is 4.25 Å². The third-order valence-corrected chi connectivity index (χ3v) is 28.4. The summed E-state index contributed by atoms with van der Waals surface area (Å²) in [5.74, 6) is 2.90. The Hall–Kier alpha value is -2.81. The van der Waals surface area contributed by atoms with E-state index in [-0.39, 0.29) is 20.5 Å². The van der Waals surface area contributed by atoms with Crippen LogP contribution in [0.1, 0.15) is 176 Å². The molecule has 5 aromatic rings. The Labute approximate surface area is 349 Å². The van der Waals surface area contributed by atoms with Crippen LogP contribution in [-0.2, 0) is 16.2 Å². The number of hydrogen-bond donors (Lipinski definition) is 0. The minimum absolute atomic E-state index is 0.0228. The topological polar surface area (TPSA) is 18.5 Å². The summed E-state index contributed by atoms with van der Waals surface area (Å²) in [6, 6.07) is 27.8. The number of benzene rings is 5. The summed E-state index contributed by atoms with van der Waals surface area (Å²) in [4.78, 5) is 0. The standard InChI is InChI=1S/C52H69AsGeO2/c1-31(2)34-27-40(32(3)4)45(41(28-34)33(5)6)54(52(16,17)18)48(53-44-42(50(10,11)12)29-35(49(7,8)9)30-43(44)51(13,14)15)55-46-38-25-21-19-23-36(38)37-24-20-22-26-39(37)47(46)56-54/h19-33H,1-18H3/t54-/m0/s1. The summed E-state index contributed by atoms with van der Waals surface area (Å²) < 4.78 is 20.3. The third kappa shape index (κ3) is 7.49. The van der Waals surface area contributed by atoms with Crippen molar-refractivity contribution in [1.82, 2.24) is 0 Å². The summed E-state index contributed by atoms with van der Waals surface area (Å²) in [7, 11) is 0. The molecule has 0 saturated carbocycles. The second kappa shape index (κ2) is 14.8. The van der Waals surface area contributed by atoms with Gasteiger partial charge in [-0.05, 0) is 0 Å². The minimum atomic E-state index is -4.11. The zero-order chi connectivity index (χ0) is 41.5. The summed E-state index contributed by atoms with van der Waals surface area (Å²) >= 11 is -4.74. The Balaban J connectivity index is 1.91. The summed E-state index contributed by atoms with van der Waals surface area (Å²) in [6.07, 6.45) is 0. The van der Waals surface area contributed by atoms with Crippen LogP contribution in [0.25, 0.3) is 21.5 Å². The molecule has 1 aliphatic rings. The van der Waals surface area contributed by atoms with Gasteiger partial charge in [-0.2, -0.15) is 0 Å². The predicted molar refractivity (Wildman–Crippen MR) is 249 cm³/mol. The first-order valence-electron chi connectivity index (χ1n) is 21.1. The first kappa shape index (κ1) is 42.8. The van der Waals surface area contributed by atoms with E-state index in [1.165, 1.54) is 56.2 Å². The molecule has 2 nitrogen and oxygen atoms in total. The maximum absolute atomic E-state index is 8.34. The molecule has 0 unspecified atom stereocenters. The van der Waals surface area contributed by atoms with Crippen molar-refractivity contribution in [3.63, 3.8) is 0 Å². The van der Waals surface area contributed by atoms with Gasteiger partial charge in [0.1, 0.15) is 0 Å². The summed E-state index contributed by atoms with van der Waals surface area (Å²) in [6.45, 7) is 43.1. The van der Waals surface area contributed by atoms with Crippen molar-refractivity contribution >= 4 is 62.5 Å². The normalized spacial score (nSPS) is 17.6. The monoisotopic (exact) mass is 874 g/mol. The first-order chi connectivity index (χ1) is 25.8. The van der Waals surface area contributed by atoms with Crippen LogP contribution < -0.4 is 17.2 Å². The van der Waals surface area contributed by atoms with Gasteiger partial charge in [-0.15, -0.1) is 0 Å². The van der Waals surface area contributed by atoms with Crippen molar-refractivity contribution in [1.29, 1.82) is 0 Å². The SMILES string of the molecule is CC(C)c1cc(C(C)C)[c]([Ge@]2([C](C)(C)C)[O]c3c(c4ccccc4c4ccccc34)O[C]2=[As]c2c(C(C)(C)C)cc(C(C)(C)C)cc2C(C)(C)C)c(C(C)C)c1.